The molecule has 0 aromatic heterocycles. The number of aliphatic imine (C=N–C) groups is 1. The van der Waals surface area contributed by atoms with Gasteiger partial charge in [-0.3, -0.25) is 9.79 Å². The zero-order chi connectivity index (χ0) is 30.7. The zero-order valence-corrected chi connectivity index (χ0v) is 27.9. The van der Waals surface area contributed by atoms with Crippen LogP contribution in [0.5, 0.6) is 5.75 Å². The van der Waals surface area contributed by atoms with Crippen molar-refractivity contribution in [2.45, 2.75) is 120 Å². The van der Waals surface area contributed by atoms with Gasteiger partial charge in [-0.25, -0.2) is 0 Å². The highest BCUT2D eigenvalue weighted by atomic mass is 16.5. The molecule has 2 unspecified atom stereocenters. The number of Topliss-reactive ketones (excluding diaryl/α,β-unsaturated/α-hetero) is 1. The Hall–Kier alpha value is -2.62. The molecule has 0 amide bonds. The van der Waals surface area contributed by atoms with E-state index in [2.05, 4.69) is 90.2 Å². The van der Waals surface area contributed by atoms with Gasteiger partial charge in [-0.2, -0.15) is 0 Å². The third-order valence-corrected chi connectivity index (χ3v) is 7.21. The number of ketones is 1. The molecule has 2 aromatic rings. The number of aryl methyl sites for hydroxylation is 2. The first-order valence-electron chi connectivity index (χ1n) is 15.6. The molecule has 0 saturated carbocycles. The number of nitrogens with one attached hydrogen (secondary N) is 1. The Morgan fingerprint density at radius 2 is 1.70 bits per heavy atom. The molecule has 1 N–H and O–H groups in total. The molecule has 0 aliphatic heterocycles. The van der Waals surface area contributed by atoms with Gasteiger partial charge in [-0.05, 0) is 86.8 Å². The molecule has 0 spiro atoms. The lowest BCUT2D eigenvalue weighted by atomic mass is 9.86. The van der Waals surface area contributed by atoms with Crippen LogP contribution >= 0.6 is 0 Å². The van der Waals surface area contributed by atoms with Crippen LogP contribution in [0.3, 0.4) is 0 Å². The summed E-state index contributed by atoms with van der Waals surface area (Å²) in [5.41, 5.74) is 4.66. The molecule has 40 heavy (non-hydrogen) atoms. The number of unbranched alkanes of at least 4 members (excludes halogenated alkanes) is 2. The fraction of sp³-hybridized carbons (Fsp3) is 0.611. The first kappa shape index (κ1) is 37.4. The number of methoxy groups -OCH3 is 1. The summed E-state index contributed by atoms with van der Waals surface area (Å²) in [5, 5.41) is 3.49. The minimum Gasteiger partial charge on any atom is -0.497 e. The van der Waals surface area contributed by atoms with E-state index in [4.69, 9.17) is 9.73 Å². The quantitative estimate of drug-likeness (QED) is 0.153. The molecule has 0 aliphatic carbocycles. The SMILES string of the molecule is CC.CCCCCN=C(NC(C)(CC(C)C)C(C)=O)C(C)CC.CCc1cccc(-c2cc(OC)ccc2C)c1. The molecule has 0 fully saturated rings. The molecule has 2 rings (SSSR count). The van der Waals surface area contributed by atoms with E-state index in [1.807, 2.05) is 26.8 Å². The van der Waals surface area contributed by atoms with Crippen molar-refractivity contribution in [3.05, 3.63) is 53.6 Å². The number of amidine groups is 1. The second-order valence-corrected chi connectivity index (χ2v) is 11.1. The molecular weight excluding hydrogens is 492 g/mol. The lowest BCUT2D eigenvalue weighted by Gasteiger charge is -2.33. The highest BCUT2D eigenvalue weighted by Crippen LogP contribution is 2.28. The maximum absolute atomic E-state index is 12.1. The Bertz CT molecular complexity index is 1010. The van der Waals surface area contributed by atoms with Gasteiger partial charge < -0.3 is 10.1 Å². The summed E-state index contributed by atoms with van der Waals surface area (Å²) >= 11 is 0. The largest absolute Gasteiger partial charge is 0.497 e. The number of nitrogens with zero attached hydrogens (tertiary/aromatic N) is 1. The predicted octanol–water partition coefficient (Wildman–Crippen LogP) is 9.86. The van der Waals surface area contributed by atoms with Crippen LogP contribution in [0, 0.1) is 18.8 Å². The van der Waals surface area contributed by atoms with E-state index >= 15 is 0 Å². The lowest BCUT2D eigenvalue weighted by Crippen LogP contribution is -2.53. The normalized spacial score (nSPS) is 13.3. The Labute approximate surface area is 247 Å². The van der Waals surface area contributed by atoms with Gasteiger partial charge in [0.25, 0.3) is 0 Å². The van der Waals surface area contributed by atoms with Crippen molar-refractivity contribution in [3.8, 4) is 16.9 Å². The molecule has 0 bridgehead atoms. The minimum absolute atomic E-state index is 0.195. The summed E-state index contributed by atoms with van der Waals surface area (Å²) in [5.74, 6) is 2.96. The van der Waals surface area contributed by atoms with E-state index in [0.29, 0.717) is 11.8 Å². The molecule has 226 valence electrons. The van der Waals surface area contributed by atoms with Crippen LogP contribution in [0.2, 0.25) is 0 Å². The van der Waals surface area contributed by atoms with Crippen LogP contribution in [0.4, 0.5) is 0 Å². The zero-order valence-electron chi connectivity index (χ0n) is 27.9. The molecule has 0 heterocycles. The third-order valence-electron chi connectivity index (χ3n) is 7.21. The summed E-state index contributed by atoms with van der Waals surface area (Å²) in [6.07, 6.45) is 6.49. The van der Waals surface area contributed by atoms with Crippen molar-refractivity contribution in [1.29, 1.82) is 0 Å². The Kier molecular flexibility index (Phi) is 19.0. The van der Waals surface area contributed by atoms with E-state index in [0.717, 1.165) is 43.8 Å². The minimum atomic E-state index is -0.499. The standard InChI is InChI=1S/C18H36N2O.C16H18O.C2H6/c1-8-10-11-12-19-17(15(5)9-2)20-18(7,16(6)21)13-14(3)4;1-4-13-6-5-7-14(10-13)16-11-15(17-3)9-8-12(16)2;1-2/h14-15H,8-13H2,1-7H3,(H,19,20);5-11H,4H2,1-3H3;1-2H3. The number of hydrogen-bond acceptors (Lipinski definition) is 3. The second kappa shape index (κ2) is 20.3. The maximum Gasteiger partial charge on any atom is 0.154 e. The summed E-state index contributed by atoms with van der Waals surface area (Å²) in [4.78, 5) is 16.9. The lowest BCUT2D eigenvalue weighted by molar-refractivity contribution is -0.122. The van der Waals surface area contributed by atoms with Gasteiger partial charge >= 0.3 is 0 Å². The molecular formula is C36H60N2O2. The molecule has 0 radical (unpaired) electrons. The van der Waals surface area contributed by atoms with Crippen molar-refractivity contribution in [1.82, 2.24) is 5.32 Å². The number of carbonyl (C=O) groups is 1. The van der Waals surface area contributed by atoms with Crippen molar-refractivity contribution in [2.75, 3.05) is 13.7 Å². The summed E-state index contributed by atoms with van der Waals surface area (Å²) < 4.78 is 5.29. The van der Waals surface area contributed by atoms with Gasteiger partial charge in [0.1, 0.15) is 5.75 Å². The van der Waals surface area contributed by atoms with Crippen LogP contribution in [0.25, 0.3) is 11.1 Å². The van der Waals surface area contributed by atoms with Crippen molar-refractivity contribution in [3.63, 3.8) is 0 Å². The van der Waals surface area contributed by atoms with Crippen LogP contribution in [0.15, 0.2) is 47.5 Å². The molecule has 4 nitrogen and oxygen atoms in total. The molecule has 0 saturated heterocycles. The Balaban J connectivity index is 0.000000726. The van der Waals surface area contributed by atoms with Gasteiger partial charge in [0, 0.05) is 12.5 Å². The number of rotatable bonds is 13. The van der Waals surface area contributed by atoms with Crippen molar-refractivity contribution < 1.29 is 9.53 Å². The van der Waals surface area contributed by atoms with Crippen LogP contribution in [-0.4, -0.2) is 30.8 Å². The number of carbonyl (C=O) groups excluding carboxylic acids is 1. The number of hydrogen-bond donors (Lipinski definition) is 1. The molecule has 2 atom stereocenters. The van der Waals surface area contributed by atoms with Crippen molar-refractivity contribution >= 4 is 11.6 Å². The van der Waals surface area contributed by atoms with Crippen LogP contribution in [0.1, 0.15) is 112 Å². The van der Waals surface area contributed by atoms with Gasteiger partial charge in [0.15, 0.2) is 5.78 Å². The predicted molar refractivity (Wildman–Crippen MR) is 177 cm³/mol. The molecule has 2 aromatic carbocycles. The Morgan fingerprint density at radius 1 is 1.02 bits per heavy atom. The summed E-state index contributed by atoms with van der Waals surface area (Å²) in [7, 11) is 1.71. The topological polar surface area (TPSA) is 50.7 Å². The van der Waals surface area contributed by atoms with Crippen LogP contribution < -0.4 is 10.1 Å². The second-order valence-electron chi connectivity index (χ2n) is 11.1. The van der Waals surface area contributed by atoms with Crippen molar-refractivity contribution in [2.24, 2.45) is 16.8 Å². The average Bonchev–Trinajstić information content (AvgIpc) is 2.95. The third kappa shape index (κ3) is 13.2. The maximum atomic E-state index is 12.1. The molecule has 0 aliphatic rings. The van der Waals surface area contributed by atoms with Gasteiger partial charge in [0.05, 0.1) is 18.5 Å². The summed E-state index contributed by atoms with van der Waals surface area (Å²) in [6, 6.07) is 14.9. The van der Waals surface area contributed by atoms with E-state index in [1.54, 1.807) is 14.0 Å². The monoisotopic (exact) mass is 552 g/mol. The smallest absolute Gasteiger partial charge is 0.154 e. The van der Waals surface area contributed by atoms with Gasteiger partial charge in [0.2, 0.25) is 0 Å². The highest BCUT2D eigenvalue weighted by Gasteiger charge is 2.32. The van der Waals surface area contributed by atoms with E-state index < -0.39 is 5.54 Å². The van der Waals surface area contributed by atoms with E-state index in [9.17, 15) is 4.79 Å². The molecule has 4 heteroatoms. The first-order chi connectivity index (χ1) is 19.0. The average molecular weight is 553 g/mol. The van der Waals surface area contributed by atoms with E-state index in [1.165, 1.54) is 35.1 Å². The van der Waals surface area contributed by atoms with Gasteiger partial charge in [-0.15, -0.1) is 0 Å². The number of ether oxygens (including phenoxy) is 1. The highest BCUT2D eigenvalue weighted by molar-refractivity contribution is 5.93. The Morgan fingerprint density at radius 3 is 2.23 bits per heavy atom. The van der Waals surface area contributed by atoms with Gasteiger partial charge in [-0.1, -0.05) is 98.6 Å². The van der Waals surface area contributed by atoms with E-state index in [-0.39, 0.29) is 5.78 Å². The number of benzene rings is 2. The fourth-order valence-electron chi connectivity index (χ4n) is 4.45. The fourth-order valence-corrected chi connectivity index (χ4v) is 4.45. The first-order valence-corrected chi connectivity index (χ1v) is 15.6. The summed E-state index contributed by atoms with van der Waals surface area (Å²) in [6.45, 7) is 23.7. The van der Waals surface area contributed by atoms with Crippen LogP contribution in [-0.2, 0) is 11.2 Å².